The number of nitrogens with one attached hydrogen (secondary N) is 1. The van der Waals surface area contributed by atoms with Crippen LogP contribution in [0, 0.1) is 5.41 Å². The van der Waals surface area contributed by atoms with Crippen molar-refractivity contribution in [3.05, 3.63) is 0 Å². The van der Waals surface area contributed by atoms with Crippen molar-refractivity contribution < 1.29 is 24.2 Å². The van der Waals surface area contributed by atoms with Gasteiger partial charge in [-0.25, -0.2) is 4.79 Å². The summed E-state index contributed by atoms with van der Waals surface area (Å²) < 4.78 is 10.2. The number of aldehydes is 1. The van der Waals surface area contributed by atoms with Crippen molar-refractivity contribution in [2.75, 3.05) is 20.3 Å². The van der Waals surface area contributed by atoms with Crippen LogP contribution in [0.25, 0.3) is 0 Å². The van der Waals surface area contributed by atoms with Crippen molar-refractivity contribution in [2.24, 2.45) is 5.41 Å². The van der Waals surface area contributed by atoms with E-state index in [0.717, 1.165) is 13.4 Å². The molecule has 1 amide bonds. The standard InChI is InChI=1S/C12H21NO4.CH4O/c1-11(2,3)17-10(15)13-9(6-14)5-12(4)7-16-8-12;1-2/h6,9H,5,7-8H2,1-4H3,(H,13,15);2H,1H3. The number of rotatable bonds is 4. The molecule has 6 heteroatoms. The Labute approximate surface area is 114 Å². The minimum Gasteiger partial charge on any atom is -0.444 e. The van der Waals surface area contributed by atoms with Gasteiger partial charge in [-0.2, -0.15) is 0 Å². The number of ether oxygens (including phenoxy) is 2. The zero-order valence-electron chi connectivity index (χ0n) is 12.4. The van der Waals surface area contributed by atoms with Crippen LogP contribution in [0.4, 0.5) is 4.79 Å². The molecule has 0 saturated carbocycles. The zero-order valence-corrected chi connectivity index (χ0v) is 12.4. The molecule has 1 unspecified atom stereocenters. The number of aliphatic hydroxyl groups excluding tert-OH is 1. The fourth-order valence-electron chi connectivity index (χ4n) is 1.69. The van der Waals surface area contributed by atoms with Crippen LogP contribution in [0.15, 0.2) is 0 Å². The second-order valence-corrected chi connectivity index (χ2v) is 5.90. The fourth-order valence-corrected chi connectivity index (χ4v) is 1.69. The molecule has 112 valence electrons. The summed E-state index contributed by atoms with van der Waals surface area (Å²) in [5.41, 5.74) is -0.568. The molecule has 0 aromatic heterocycles. The molecule has 1 aliphatic rings. The van der Waals surface area contributed by atoms with Gasteiger partial charge in [-0.15, -0.1) is 0 Å². The lowest BCUT2D eigenvalue weighted by Crippen LogP contribution is -2.48. The van der Waals surface area contributed by atoms with Crippen molar-refractivity contribution in [3.8, 4) is 0 Å². The van der Waals surface area contributed by atoms with Crippen LogP contribution in [0.1, 0.15) is 34.1 Å². The maximum absolute atomic E-state index is 11.5. The Hall–Kier alpha value is -1.14. The Morgan fingerprint density at radius 1 is 1.47 bits per heavy atom. The van der Waals surface area contributed by atoms with E-state index in [9.17, 15) is 9.59 Å². The van der Waals surface area contributed by atoms with Crippen molar-refractivity contribution >= 4 is 12.4 Å². The second kappa shape index (κ2) is 7.45. The van der Waals surface area contributed by atoms with Crippen LogP contribution >= 0.6 is 0 Å². The lowest BCUT2D eigenvalue weighted by Gasteiger charge is -2.39. The van der Waals surface area contributed by atoms with Crippen molar-refractivity contribution in [1.29, 1.82) is 0 Å². The first kappa shape index (κ1) is 17.9. The number of amides is 1. The predicted octanol–water partition coefficient (Wildman–Crippen LogP) is 1.11. The molecule has 19 heavy (non-hydrogen) atoms. The van der Waals surface area contributed by atoms with E-state index in [0.29, 0.717) is 19.6 Å². The summed E-state index contributed by atoms with van der Waals surface area (Å²) >= 11 is 0. The smallest absolute Gasteiger partial charge is 0.408 e. The zero-order chi connectivity index (χ0) is 15.1. The second-order valence-electron chi connectivity index (χ2n) is 5.90. The summed E-state index contributed by atoms with van der Waals surface area (Å²) in [5.74, 6) is 0. The largest absolute Gasteiger partial charge is 0.444 e. The summed E-state index contributed by atoms with van der Waals surface area (Å²) in [6, 6.07) is -0.515. The van der Waals surface area contributed by atoms with Crippen LogP contribution in [0.3, 0.4) is 0 Å². The number of carbonyl (C=O) groups excluding carboxylic acids is 2. The number of aliphatic hydroxyl groups is 1. The summed E-state index contributed by atoms with van der Waals surface area (Å²) in [7, 11) is 1.00. The van der Waals surface area contributed by atoms with Gasteiger partial charge in [0.05, 0.1) is 19.3 Å². The molecule has 1 fully saturated rings. The maximum atomic E-state index is 11.5. The average molecular weight is 275 g/mol. The fraction of sp³-hybridized carbons (Fsp3) is 0.846. The molecule has 1 saturated heterocycles. The van der Waals surface area contributed by atoms with Crippen molar-refractivity contribution in [1.82, 2.24) is 5.32 Å². The van der Waals surface area contributed by atoms with Gasteiger partial charge in [0, 0.05) is 12.5 Å². The molecule has 1 rings (SSSR count). The van der Waals surface area contributed by atoms with Crippen molar-refractivity contribution in [2.45, 2.75) is 45.8 Å². The van der Waals surface area contributed by atoms with E-state index in [-0.39, 0.29) is 5.41 Å². The van der Waals surface area contributed by atoms with E-state index in [1.165, 1.54) is 0 Å². The third-order valence-electron chi connectivity index (χ3n) is 2.48. The highest BCUT2D eigenvalue weighted by molar-refractivity contribution is 5.73. The lowest BCUT2D eigenvalue weighted by molar-refractivity contribution is -0.121. The van der Waals surface area contributed by atoms with E-state index in [2.05, 4.69) is 5.32 Å². The van der Waals surface area contributed by atoms with Crippen LogP contribution in [0.2, 0.25) is 0 Å². The van der Waals surface area contributed by atoms with Gasteiger partial charge in [0.25, 0.3) is 0 Å². The molecule has 1 aliphatic heterocycles. The van der Waals surface area contributed by atoms with E-state index in [1.54, 1.807) is 20.8 Å². The summed E-state index contributed by atoms with van der Waals surface area (Å²) in [6.45, 7) is 8.64. The van der Waals surface area contributed by atoms with E-state index in [4.69, 9.17) is 14.6 Å². The minimum absolute atomic E-state index is 0.0133. The Morgan fingerprint density at radius 3 is 2.32 bits per heavy atom. The first-order chi connectivity index (χ1) is 8.74. The molecule has 1 heterocycles. The number of alkyl carbamates (subject to hydrolysis) is 1. The monoisotopic (exact) mass is 275 g/mol. The number of carbonyl (C=O) groups is 2. The van der Waals surface area contributed by atoms with E-state index < -0.39 is 17.7 Å². The molecular weight excluding hydrogens is 250 g/mol. The summed E-state index contributed by atoms with van der Waals surface area (Å²) in [5, 5.41) is 9.56. The third kappa shape index (κ3) is 7.12. The molecule has 0 spiro atoms. The Balaban J connectivity index is 0.00000154. The van der Waals surface area contributed by atoms with Gasteiger partial charge < -0.3 is 24.7 Å². The third-order valence-corrected chi connectivity index (χ3v) is 2.48. The minimum atomic E-state index is -0.557. The molecule has 0 aromatic carbocycles. The SMILES string of the molecule is CC1(CC(C=O)NC(=O)OC(C)(C)C)COC1.CO. The van der Waals surface area contributed by atoms with Gasteiger partial charge in [0.2, 0.25) is 0 Å². The first-order valence-electron chi connectivity index (χ1n) is 6.21. The number of hydrogen-bond acceptors (Lipinski definition) is 5. The molecule has 0 radical (unpaired) electrons. The predicted molar refractivity (Wildman–Crippen MR) is 70.9 cm³/mol. The van der Waals surface area contributed by atoms with Gasteiger partial charge in [-0.3, -0.25) is 0 Å². The highest BCUT2D eigenvalue weighted by atomic mass is 16.6. The molecule has 6 nitrogen and oxygen atoms in total. The van der Waals surface area contributed by atoms with Gasteiger partial charge in [0.15, 0.2) is 0 Å². The molecule has 0 aromatic rings. The van der Waals surface area contributed by atoms with Gasteiger partial charge >= 0.3 is 6.09 Å². The van der Waals surface area contributed by atoms with Gasteiger partial charge in [-0.1, -0.05) is 6.92 Å². The Morgan fingerprint density at radius 2 is 2.00 bits per heavy atom. The average Bonchev–Trinajstić information content (AvgIpc) is 2.26. The summed E-state index contributed by atoms with van der Waals surface area (Å²) in [4.78, 5) is 22.4. The lowest BCUT2D eigenvalue weighted by atomic mass is 9.82. The van der Waals surface area contributed by atoms with Crippen LogP contribution < -0.4 is 5.32 Å². The molecular formula is C13H25NO5. The van der Waals surface area contributed by atoms with Crippen LogP contribution in [0.5, 0.6) is 0 Å². The molecule has 1 atom stereocenters. The van der Waals surface area contributed by atoms with E-state index >= 15 is 0 Å². The quantitative estimate of drug-likeness (QED) is 0.751. The topological polar surface area (TPSA) is 84.9 Å². The molecule has 0 bridgehead atoms. The maximum Gasteiger partial charge on any atom is 0.408 e. The van der Waals surface area contributed by atoms with Gasteiger partial charge in [-0.05, 0) is 27.2 Å². The van der Waals surface area contributed by atoms with E-state index in [1.807, 2.05) is 6.92 Å². The normalized spacial score (nSPS) is 18.2. The Kier molecular flexibility index (Phi) is 7.00. The van der Waals surface area contributed by atoms with Crippen molar-refractivity contribution in [3.63, 3.8) is 0 Å². The van der Waals surface area contributed by atoms with Gasteiger partial charge in [0.1, 0.15) is 11.9 Å². The molecule has 0 aliphatic carbocycles. The highest BCUT2D eigenvalue weighted by Gasteiger charge is 2.36. The van der Waals surface area contributed by atoms with Crippen LogP contribution in [-0.4, -0.2) is 49.5 Å². The number of hydrogen-bond donors (Lipinski definition) is 2. The van der Waals surface area contributed by atoms with Crippen LogP contribution in [-0.2, 0) is 14.3 Å². The summed E-state index contributed by atoms with van der Waals surface area (Å²) in [6.07, 6.45) is 0.766. The first-order valence-corrected chi connectivity index (χ1v) is 6.21. The Bertz CT molecular complexity index is 294. The highest BCUT2D eigenvalue weighted by Crippen LogP contribution is 2.31. The molecule has 2 N–H and O–H groups in total.